The number of rotatable bonds is 5. The van der Waals surface area contributed by atoms with E-state index in [1.807, 2.05) is 24.1 Å². The highest BCUT2D eigenvalue weighted by atomic mass is 35.5. The van der Waals surface area contributed by atoms with Gasteiger partial charge in [0, 0.05) is 43.2 Å². The van der Waals surface area contributed by atoms with Crippen molar-refractivity contribution in [2.45, 2.75) is 31.3 Å². The molecule has 7 heteroatoms. The molecule has 1 amide bonds. The van der Waals surface area contributed by atoms with Crippen LogP contribution in [0, 0.1) is 5.92 Å². The van der Waals surface area contributed by atoms with Crippen molar-refractivity contribution in [3.05, 3.63) is 40.3 Å². The summed E-state index contributed by atoms with van der Waals surface area (Å²) in [5.74, 6) is 0.570. The molecule has 1 saturated carbocycles. The molecule has 0 unspecified atom stereocenters. The van der Waals surface area contributed by atoms with E-state index < -0.39 is 0 Å². The first-order valence-electron chi connectivity index (χ1n) is 8.24. The second-order valence-corrected chi connectivity index (χ2v) is 7.63. The van der Waals surface area contributed by atoms with Crippen LogP contribution in [0.5, 0.6) is 0 Å². The third-order valence-corrected chi connectivity index (χ3v) is 5.72. The molecule has 4 rings (SSSR count). The van der Waals surface area contributed by atoms with Crippen LogP contribution in [0.15, 0.2) is 29.9 Å². The average molecular weight is 367 g/mol. The minimum Gasteiger partial charge on any atom is -0.334 e. The quantitative estimate of drug-likeness (QED) is 0.884. The van der Waals surface area contributed by atoms with Gasteiger partial charge in [-0.1, -0.05) is 6.07 Å². The Kier molecular flexibility index (Phi) is 5.27. The Labute approximate surface area is 152 Å². The zero-order chi connectivity index (χ0) is 15.8. The zero-order valence-electron chi connectivity index (χ0n) is 13.7. The van der Waals surface area contributed by atoms with Crippen LogP contribution in [-0.2, 0) is 18.4 Å². The van der Waals surface area contributed by atoms with E-state index in [2.05, 4.69) is 32.8 Å². The van der Waals surface area contributed by atoms with Crippen molar-refractivity contribution in [2.24, 2.45) is 13.0 Å². The van der Waals surface area contributed by atoms with Gasteiger partial charge in [-0.15, -0.1) is 23.7 Å². The fraction of sp³-hybridized carbons (Fsp3) is 0.529. The third-order valence-electron chi connectivity index (χ3n) is 4.86. The average Bonchev–Trinajstić information content (AvgIpc) is 2.98. The number of amides is 1. The summed E-state index contributed by atoms with van der Waals surface area (Å²) in [5.41, 5.74) is 1.17. The zero-order valence-corrected chi connectivity index (χ0v) is 15.4. The topological polar surface area (TPSA) is 50.2 Å². The minimum absolute atomic E-state index is 0. The van der Waals surface area contributed by atoms with Gasteiger partial charge in [0.05, 0.1) is 18.7 Å². The lowest BCUT2D eigenvalue weighted by Crippen LogP contribution is -2.39. The van der Waals surface area contributed by atoms with Crippen molar-refractivity contribution in [3.63, 3.8) is 0 Å². The molecule has 0 aromatic carbocycles. The van der Waals surface area contributed by atoms with Gasteiger partial charge in [-0.25, -0.2) is 0 Å². The molecule has 1 aliphatic heterocycles. The van der Waals surface area contributed by atoms with Crippen molar-refractivity contribution in [1.82, 2.24) is 20.0 Å². The predicted molar refractivity (Wildman–Crippen MR) is 97.4 cm³/mol. The van der Waals surface area contributed by atoms with Gasteiger partial charge in [0.15, 0.2) is 0 Å². The number of hydrogen-bond acceptors (Lipinski definition) is 4. The fourth-order valence-corrected chi connectivity index (χ4v) is 4.18. The van der Waals surface area contributed by atoms with E-state index in [4.69, 9.17) is 0 Å². The highest BCUT2D eigenvalue weighted by Gasteiger charge is 2.41. The van der Waals surface area contributed by atoms with E-state index in [0.717, 1.165) is 32.5 Å². The SMILES string of the molecule is Cl.Cn1cc([C@H]2CNC[C@@H]2C(=O)N(Cc2cccs2)C2CC2)cn1. The Bertz CT molecular complexity index is 683. The summed E-state index contributed by atoms with van der Waals surface area (Å²) in [7, 11) is 1.93. The van der Waals surface area contributed by atoms with Gasteiger partial charge < -0.3 is 10.2 Å². The van der Waals surface area contributed by atoms with Crippen molar-refractivity contribution < 1.29 is 4.79 Å². The lowest BCUT2D eigenvalue weighted by molar-refractivity contribution is -0.136. The lowest BCUT2D eigenvalue weighted by Gasteiger charge is -2.27. The number of carbonyl (C=O) groups is 1. The van der Waals surface area contributed by atoms with Gasteiger partial charge in [0.2, 0.25) is 5.91 Å². The van der Waals surface area contributed by atoms with Gasteiger partial charge in [-0.2, -0.15) is 5.10 Å². The number of nitrogens with one attached hydrogen (secondary N) is 1. The number of carbonyl (C=O) groups excluding carboxylic acids is 1. The van der Waals surface area contributed by atoms with E-state index in [-0.39, 0.29) is 24.2 Å². The van der Waals surface area contributed by atoms with Crippen LogP contribution < -0.4 is 5.32 Å². The monoisotopic (exact) mass is 366 g/mol. The van der Waals surface area contributed by atoms with Crippen molar-refractivity contribution >= 4 is 29.7 Å². The molecule has 0 radical (unpaired) electrons. The molecule has 1 saturated heterocycles. The number of aromatic nitrogens is 2. The Morgan fingerprint density at radius 3 is 2.92 bits per heavy atom. The number of hydrogen-bond donors (Lipinski definition) is 1. The molecular formula is C17H23ClN4OS. The van der Waals surface area contributed by atoms with Crippen LogP contribution >= 0.6 is 23.7 Å². The molecule has 24 heavy (non-hydrogen) atoms. The van der Waals surface area contributed by atoms with Gasteiger partial charge in [0.25, 0.3) is 0 Å². The summed E-state index contributed by atoms with van der Waals surface area (Å²) >= 11 is 1.73. The van der Waals surface area contributed by atoms with Crippen molar-refractivity contribution in [1.29, 1.82) is 0 Å². The number of thiophene rings is 1. The van der Waals surface area contributed by atoms with Crippen molar-refractivity contribution in [2.75, 3.05) is 13.1 Å². The van der Waals surface area contributed by atoms with Gasteiger partial charge >= 0.3 is 0 Å². The normalized spacial score (nSPS) is 23.0. The number of aryl methyl sites for hydroxylation is 1. The minimum atomic E-state index is 0. The maximum Gasteiger partial charge on any atom is 0.228 e. The number of halogens is 1. The first-order chi connectivity index (χ1) is 11.2. The highest BCUT2D eigenvalue weighted by molar-refractivity contribution is 7.09. The summed E-state index contributed by atoms with van der Waals surface area (Å²) in [4.78, 5) is 16.6. The molecule has 0 bridgehead atoms. The standard InChI is InChI=1S/C17H22N4OS.ClH/c1-20-10-12(7-19-20)15-8-18-9-16(15)17(22)21(13-4-5-13)11-14-3-2-6-23-14;/h2-3,6-7,10,13,15-16,18H,4-5,8-9,11H2,1H3;1H/t15-,16+;/m1./s1. The van der Waals surface area contributed by atoms with Crippen LogP contribution in [-0.4, -0.2) is 39.7 Å². The third kappa shape index (κ3) is 3.50. The Morgan fingerprint density at radius 1 is 1.46 bits per heavy atom. The Morgan fingerprint density at radius 2 is 2.29 bits per heavy atom. The Hall–Kier alpha value is -1.37. The molecule has 130 valence electrons. The fourth-order valence-electron chi connectivity index (χ4n) is 3.48. The molecule has 0 spiro atoms. The van der Waals surface area contributed by atoms with Crippen LogP contribution in [0.4, 0.5) is 0 Å². The van der Waals surface area contributed by atoms with E-state index in [9.17, 15) is 4.79 Å². The van der Waals surface area contributed by atoms with Crippen LogP contribution in [0.2, 0.25) is 0 Å². The summed E-state index contributed by atoms with van der Waals surface area (Å²) in [6.45, 7) is 2.39. The van der Waals surface area contributed by atoms with Crippen LogP contribution in [0.1, 0.15) is 29.2 Å². The maximum absolute atomic E-state index is 13.2. The molecule has 5 nitrogen and oxygen atoms in total. The molecule has 1 N–H and O–H groups in total. The first-order valence-corrected chi connectivity index (χ1v) is 9.12. The number of nitrogens with zero attached hydrogens (tertiary/aromatic N) is 3. The molecule has 2 aromatic heterocycles. The van der Waals surface area contributed by atoms with E-state index in [1.54, 1.807) is 11.3 Å². The molecule has 3 heterocycles. The predicted octanol–water partition coefficient (Wildman–Crippen LogP) is 2.40. The summed E-state index contributed by atoms with van der Waals surface area (Å²) in [6.07, 6.45) is 6.24. The second-order valence-electron chi connectivity index (χ2n) is 6.60. The van der Waals surface area contributed by atoms with Gasteiger partial charge in [0.1, 0.15) is 0 Å². The van der Waals surface area contributed by atoms with E-state index in [1.165, 1.54) is 10.4 Å². The van der Waals surface area contributed by atoms with Gasteiger partial charge in [-0.3, -0.25) is 9.48 Å². The molecule has 2 aliphatic rings. The smallest absolute Gasteiger partial charge is 0.228 e. The maximum atomic E-state index is 13.2. The molecular weight excluding hydrogens is 344 g/mol. The van der Waals surface area contributed by atoms with Crippen molar-refractivity contribution in [3.8, 4) is 0 Å². The highest BCUT2D eigenvalue weighted by Crippen LogP contribution is 2.35. The first kappa shape index (κ1) is 17.5. The summed E-state index contributed by atoms with van der Waals surface area (Å²) in [5, 5.41) is 9.76. The summed E-state index contributed by atoms with van der Waals surface area (Å²) in [6, 6.07) is 4.63. The molecule has 2 aromatic rings. The molecule has 2 atom stereocenters. The Balaban J connectivity index is 0.00000169. The van der Waals surface area contributed by atoms with Crippen LogP contribution in [0.25, 0.3) is 0 Å². The van der Waals surface area contributed by atoms with Crippen LogP contribution in [0.3, 0.4) is 0 Å². The second kappa shape index (κ2) is 7.25. The summed E-state index contributed by atoms with van der Waals surface area (Å²) < 4.78 is 1.82. The van der Waals surface area contributed by atoms with E-state index >= 15 is 0 Å². The lowest BCUT2D eigenvalue weighted by atomic mass is 9.89. The molecule has 1 aliphatic carbocycles. The molecule has 2 fully saturated rings. The van der Waals surface area contributed by atoms with E-state index in [0.29, 0.717) is 11.9 Å². The largest absolute Gasteiger partial charge is 0.334 e. The van der Waals surface area contributed by atoms with Gasteiger partial charge in [-0.05, 0) is 29.9 Å².